The number of methoxy groups -OCH3 is 1. The van der Waals surface area contributed by atoms with E-state index >= 15 is 0 Å². The first-order valence-corrected chi connectivity index (χ1v) is 8.98. The zero-order valence-corrected chi connectivity index (χ0v) is 14.8. The number of ether oxygens (including phenoxy) is 1. The number of piperidine rings is 1. The Balaban J connectivity index is 1.45. The molecule has 1 aliphatic heterocycles. The van der Waals surface area contributed by atoms with Crippen LogP contribution in [0.15, 0.2) is 30.3 Å². The molecule has 1 saturated carbocycles. The van der Waals surface area contributed by atoms with Crippen LogP contribution in [0.25, 0.3) is 0 Å². The van der Waals surface area contributed by atoms with Crippen molar-refractivity contribution in [1.82, 2.24) is 15.5 Å². The van der Waals surface area contributed by atoms with Gasteiger partial charge < -0.3 is 20.3 Å². The van der Waals surface area contributed by atoms with Gasteiger partial charge in [0.2, 0.25) is 5.91 Å². The largest absolute Gasteiger partial charge is 0.375 e. The summed E-state index contributed by atoms with van der Waals surface area (Å²) in [4.78, 5) is 26.0. The lowest BCUT2D eigenvalue weighted by Crippen LogP contribution is -2.60. The number of likely N-dealkylation sites (tertiary alicyclic amines) is 1. The molecule has 3 rings (SSSR count). The normalized spacial score (nSPS) is 21.5. The molecule has 1 unspecified atom stereocenters. The smallest absolute Gasteiger partial charge is 0.317 e. The molecule has 6 nitrogen and oxygen atoms in total. The summed E-state index contributed by atoms with van der Waals surface area (Å²) in [6, 6.07) is 10.2. The molecular formula is C19H27N3O3. The predicted octanol–water partition coefficient (Wildman–Crippen LogP) is 1.90. The van der Waals surface area contributed by atoms with E-state index in [4.69, 9.17) is 4.74 Å². The summed E-state index contributed by atoms with van der Waals surface area (Å²) in [5, 5.41) is 6.08. The molecule has 2 aliphatic rings. The summed E-state index contributed by atoms with van der Waals surface area (Å²) < 4.78 is 4.89. The van der Waals surface area contributed by atoms with Crippen molar-refractivity contribution in [2.75, 3.05) is 26.8 Å². The Morgan fingerprint density at radius 3 is 2.52 bits per heavy atom. The summed E-state index contributed by atoms with van der Waals surface area (Å²) in [5.41, 5.74) is 1.27. The Morgan fingerprint density at radius 1 is 1.20 bits per heavy atom. The Morgan fingerprint density at radius 2 is 1.92 bits per heavy atom. The van der Waals surface area contributed by atoms with E-state index in [0.29, 0.717) is 6.54 Å². The summed E-state index contributed by atoms with van der Waals surface area (Å²) >= 11 is 0. The number of benzene rings is 1. The van der Waals surface area contributed by atoms with Crippen LogP contribution in [0.1, 0.15) is 31.2 Å². The highest BCUT2D eigenvalue weighted by molar-refractivity contribution is 5.77. The van der Waals surface area contributed by atoms with E-state index in [1.165, 1.54) is 7.11 Å². The van der Waals surface area contributed by atoms with Crippen molar-refractivity contribution in [3.63, 3.8) is 0 Å². The standard InChI is InChI=1S/C19H27N3O3/c1-25-14-17(23)21-16-7-8-19(16)9-11-22(12-10-19)18(24)20-13-15-5-3-2-4-6-15/h2-6,16H,7-14H2,1H3,(H,20,24)(H,21,23). The van der Waals surface area contributed by atoms with Gasteiger partial charge in [0.1, 0.15) is 6.61 Å². The van der Waals surface area contributed by atoms with Gasteiger partial charge in [-0.25, -0.2) is 4.79 Å². The fraction of sp³-hybridized carbons (Fsp3) is 0.579. The number of carbonyl (C=O) groups excluding carboxylic acids is 2. The molecule has 1 aromatic carbocycles. The SMILES string of the molecule is COCC(=O)NC1CCC12CCN(C(=O)NCc1ccccc1)CC2. The summed E-state index contributed by atoms with van der Waals surface area (Å²) in [6.45, 7) is 2.16. The molecule has 1 saturated heterocycles. The van der Waals surface area contributed by atoms with Crippen molar-refractivity contribution in [2.24, 2.45) is 5.41 Å². The van der Waals surface area contributed by atoms with Crippen molar-refractivity contribution >= 4 is 11.9 Å². The number of hydrogen-bond acceptors (Lipinski definition) is 3. The molecule has 1 aromatic rings. The van der Waals surface area contributed by atoms with E-state index in [0.717, 1.165) is 44.3 Å². The van der Waals surface area contributed by atoms with Crippen molar-refractivity contribution in [3.05, 3.63) is 35.9 Å². The molecule has 136 valence electrons. The lowest BCUT2D eigenvalue weighted by atomic mass is 9.59. The molecule has 0 radical (unpaired) electrons. The Kier molecular flexibility index (Phi) is 5.58. The number of hydrogen-bond donors (Lipinski definition) is 2. The van der Waals surface area contributed by atoms with Crippen LogP contribution < -0.4 is 10.6 Å². The van der Waals surface area contributed by atoms with Crippen molar-refractivity contribution in [3.8, 4) is 0 Å². The first kappa shape index (κ1) is 17.7. The minimum absolute atomic E-state index is 0.00186. The first-order valence-electron chi connectivity index (χ1n) is 8.98. The van der Waals surface area contributed by atoms with Gasteiger partial charge in [-0.1, -0.05) is 30.3 Å². The highest BCUT2D eigenvalue weighted by Gasteiger charge is 2.49. The number of nitrogens with zero attached hydrogens (tertiary/aromatic N) is 1. The second-order valence-electron chi connectivity index (χ2n) is 7.09. The Bertz CT molecular complexity index is 597. The van der Waals surface area contributed by atoms with Crippen LogP contribution in [0.2, 0.25) is 0 Å². The van der Waals surface area contributed by atoms with Gasteiger partial charge in [0.15, 0.2) is 0 Å². The van der Waals surface area contributed by atoms with Gasteiger partial charge in [-0.15, -0.1) is 0 Å². The first-order chi connectivity index (χ1) is 12.1. The van der Waals surface area contributed by atoms with Crippen LogP contribution >= 0.6 is 0 Å². The van der Waals surface area contributed by atoms with Crippen molar-refractivity contribution in [2.45, 2.75) is 38.3 Å². The average molecular weight is 345 g/mol. The molecule has 1 atom stereocenters. The second kappa shape index (κ2) is 7.87. The van der Waals surface area contributed by atoms with E-state index in [1.54, 1.807) is 0 Å². The Hall–Kier alpha value is -2.08. The lowest BCUT2D eigenvalue weighted by Gasteiger charge is -2.54. The van der Waals surface area contributed by atoms with Crippen LogP contribution in [0.5, 0.6) is 0 Å². The zero-order valence-electron chi connectivity index (χ0n) is 14.8. The van der Waals surface area contributed by atoms with Crippen LogP contribution in [0, 0.1) is 5.41 Å². The van der Waals surface area contributed by atoms with Crippen LogP contribution in [-0.4, -0.2) is 49.7 Å². The van der Waals surface area contributed by atoms with E-state index < -0.39 is 0 Å². The van der Waals surface area contributed by atoms with Gasteiger partial charge in [-0.3, -0.25) is 4.79 Å². The summed E-state index contributed by atoms with van der Waals surface area (Å²) in [5.74, 6) is -0.0467. The third kappa shape index (κ3) is 4.12. The minimum Gasteiger partial charge on any atom is -0.375 e. The summed E-state index contributed by atoms with van der Waals surface area (Å²) in [7, 11) is 1.53. The average Bonchev–Trinajstić information content (AvgIpc) is 2.64. The Labute approximate surface area is 148 Å². The fourth-order valence-electron chi connectivity index (χ4n) is 3.93. The molecule has 1 aliphatic carbocycles. The molecule has 25 heavy (non-hydrogen) atoms. The second-order valence-corrected chi connectivity index (χ2v) is 7.09. The maximum atomic E-state index is 12.4. The molecule has 6 heteroatoms. The molecule has 2 N–H and O–H groups in total. The number of rotatable bonds is 5. The van der Waals surface area contributed by atoms with Crippen LogP contribution in [0.4, 0.5) is 4.79 Å². The molecule has 1 heterocycles. The highest BCUT2D eigenvalue weighted by atomic mass is 16.5. The maximum absolute atomic E-state index is 12.4. The molecule has 2 fully saturated rings. The van der Waals surface area contributed by atoms with Gasteiger partial charge in [0.25, 0.3) is 0 Å². The third-order valence-electron chi connectivity index (χ3n) is 5.61. The third-order valence-corrected chi connectivity index (χ3v) is 5.61. The minimum atomic E-state index is -0.0467. The molecule has 0 aromatic heterocycles. The van der Waals surface area contributed by atoms with Crippen LogP contribution in [-0.2, 0) is 16.1 Å². The number of nitrogens with one attached hydrogen (secondary N) is 2. The lowest BCUT2D eigenvalue weighted by molar-refractivity contribution is -0.129. The van der Waals surface area contributed by atoms with Crippen molar-refractivity contribution in [1.29, 1.82) is 0 Å². The molecule has 1 spiro atoms. The summed E-state index contributed by atoms with van der Waals surface area (Å²) in [6.07, 6.45) is 4.05. The van der Waals surface area contributed by atoms with E-state index in [9.17, 15) is 9.59 Å². The molecule has 0 bridgehead atoms. The van der Waals surface area contributed by atoms with Crippen LogP contribution in [0.3, 0.4) is 0 Å². The predicted molar refractivity (Wildman–Crippen MR) is 95.0 cm³/mol. The molecular weight excluding hydrogens is 318 g/mol. The zero-order chi connectivity index (χ0) is 17.7. The van der Waals surface area contributed by atoms with Gasteiger partial charge in [-0.2, -0.15) is 0 Å². The monoisotopic (exact) mass is 345 g/mol. The van der Waals surface area contributed by atoms with E-state index in [2.05, 4.69) is 10.6 Å². The quantitative estimate of drug-likeness (QED) is 0.856. The van der Waals surface area contributed by atoms with Gasteiger partial charge >= 0.3 is 6.03 Å². The van der Waals surface area contributed by atoms with Crippen molar-refractivity contribution < 1.29 is 14.3 Å². The van der Waals surface area contributed by atoms with Gasteiger partial charge in [0.05, 0.1) is 0 Å². The highest BCUT2D eigenvalue weighted by Crippen LogP contribution is 2.49. The van der Waals surface area contributed by atoms with Gasteiger partial charge in [0, 0.05) is 32.8 Å². The topological polar surface area (TPSA) is 70.7 Å². The fourth-order valence-corrected chi connectivity index (χ4v) is 3.93. The van der Waals surface area contributed by atoms with E-state index in [1.807, 2.05) is 35.2 Å². The molecule has 3 amide bonds. The number of urea groups is 1. The maximum Gasteiger partial charge on any atom is 0.317 e. The number of amides is 3. The van der Waals surface area contributed by atoms with Gasteiger partial charge in [-0.05, 0) is 36.7 Å². The van der Waals surface area contributed by atoms with E-state index in [-0.39, 0.29) is 30.0 Å². The number of carbonyl (C=O) groups is 2.